The number of fused-ring (bicyclic) bond motifs is 1. The fraction of sp³-hybridized carbons (Fsp3) is 0.333. The van der Waals surface area contributed by atoms with E-state index in [0.29, 0.717) is 34.7 Å². The van der Waals surface area contributed by atoms with Crippen LogP contribution in [0.15, 0.2) is 36.7 Å². The highest BCUT2D eigenvalue weighted by molar-refractivity contribution is 8.24. The molecule has 1 amide bonds. The summed E-state index contributed by atoms with van der Waals surface area (Å²) < 4.78 is 21.3. The van der Waals surface area contributed by atoms with Crippen molar-refractivity contribution >= 4 is 27.7 Å². The van der Waals surface area contributed by atoms with Gasteiger partial charge in [0.15, 0.2) is 0 Å². The van der Waals surface area contributed by atoms with Crippen LogP contribution >= 0.6 is 10.6 Å². The number of hydrogen-bond donors (Lipinski definition) is 4. The number of pyridine rings is 1. The van der Waals surface area contributed by atoms with E-state index in [4.69, 9.17) is 5.26 Å². The lowest BCUT2D eigenvalue weighted by Gasteiger charge is -2.26. The van der Waals surface area contributed by atoms with Gasteiger partial charge in [-0.3, -0.25) is 18.9 Å². The molecule has 1 fully saturated rings. The Hall–Kier alpha value is -3.13. The number of carbonyl (C=O) groups excluding carboxylic acids is 1. The lowest BCUT2D eigenvalue weighted by Crippen LogP contribution is -2.36. The molecule has 0 bridgehead atoms. The van der Waals surface area contributed by atoms with Gasteiger partial charge in [0.2, 0.25) is 0 Å². The molecule has 162 valence electrons. The standard InChI is InChI=1S/C21H24N6O3S/c1-13(2)25-18-8-19(20-4-3-16-7-14(9-22)10-24-27(16)20)23-11-17(18)21(28)26-15-5-6-31(29,30)12-15/h3-4,7-8,10-11,13,15,29-30H,5-6,12H2,1-2H3,(H,23,25)(H,26,28). The first-order valence-corrected chi connectivity index (χ1v) is 11.8. The molecule has 4 heterocycles. The van der Waals surface area contributed by atoms with Gasteiger partial charge in [-0.25, -0.2) is 4.52 Å². The molecule has 0 spiro atoms. The lowest BCUT2D eigenvalue weighted by molar-refractivity contribution is 0.0941. The van der Waals surface area contributed by atoms with E-state index in [1.165, 1.54) is 12.4 Å². The van der Waals surface area contributed by atoms with E-state index in [1.54, 1.807) is 16.6 Å². The summed E-state index contributed by atoms with van der Waals surface area (Å²) in [7, 11) is -2.59. The number of nitriles is 1. The SMILES string of the molecule is CC(C)Nc1cc(-c2ccc3cc(C#N)cnn23)ncc1C(=O)NC1CCS(O)(O)C1. The molecule has 0 aromatic carbocycles. The van der Waals surface area contributed by atoms with Crippen molar-refractivity contribution < 1.29 is 13.9 Å². The molecule has 1 saturated heterocycles. The van der Waals surface area contributed by atoms with Gasteiger partial charge in [0.05, 0.1) is 45.7 Å². The second-order valence-corrected chi connectivity index (χ2v) is 10.3. The quantitative estimate of drug-likeness (QED) is 0.478. The molecule has 10 heteroatoms. The zero-order chi connectivity index (χ0) is 22.2. The van der Waals surface area contributed by atoms with Crippen LogP contribution in [0.1, 0.15) is 36.2 Å². The van der Waals surface area contributed by atoms with Crippen LogP contribution in [-0.2, 0) is 0 Å². The molecule has 1 atom stereocenters. The van der Waals surface area contributed by atoms with Crippen molar-refractivity contribution in [1.29, 1.82) is 5.26 Å². The first-order chi connectivity index (χ1) is 14.8. The van der Waals surface area contributed by atoms with Crippen molar-refractivity contribution in [2.75, 3.05) is 16.8 Å². The second-order valence-electron chi connectivity index (χ2n) is 7.96. The van der Waals surface area contributed by atoms with Crippen LogP contribution in [-0.4, -0.2) is 53.2 Å². The van der Waals surface area contributed by atoms with Gasteiger partial charge >= 0.3 is 0 Å². The Labute approximate surface area is 181 Å². The normalized spacial score (nSPS) is 18.6. The fourth-order valence-corrected chi connectivity index (χ4v) is 5.38. The number of nitrogens with zero attached hydrogens (tertiary/aromatic N) is 4. The average molecular weight is 441 g/mol. The number of rotatable bonds is 5. The van der Waals surface area contributed by atoms with Crippen LogP contribution in [0.3, 0.4) is 0 Å². The molecule has 0 aliphatic carbocycles. The van der Waals surface area contributed by atoms with Crippen molar-refractivity contribution in [2.45, 2.75) is 32.4 Å². The summed E-state index contributed by atoms with van der Waals surface area (Å²) in [5.41, 5.74) is 3.64. The third kappa shape index (κ3) is 4.49. The topological polar surface area (TPSA) is 136 Å². The van der Waals surface area contributed by atoms with Crippen LogP contribution in [0.25, 0.3) is 16.9 Å². The van der Waals surface area contributed by atoms with Gasteiger partial charge in [-0.1, -0.05) is 0 Å². The summed E-state index contributed by atoms with van der Waals surface area (Å²) >= 11 is 0. The van der Waals surface area contributed by atoms with Crippen LogP contribution < -0.4 is 10.6 Å². The maximum absolute atomic E-state index is 12.9. The largest absolute Gasteiger partial charge is 0.382 e. The van der Waals surface area contributed by atoms with Crippen molar-refractivity contribution in [3.05, 3.63) is 47.8 Å². The lowest BCUT2D eigenvalue weighted by atomic mass is 10.1. The average Bonchev–Trinajstić information content (AvgIpc) is 3.29. The highest BCUT2D eigenvalue weighted by Crippen LogP contribution is 2.45. The van der Waals surface area contributed by atoms with E-state index in [-0.39, 0.29) is 23.7 Å². The van der Waals surface area contributed by atoms with E-state index in [1.807, 2.05) is 26.0 Å². The van der Waals surface area contributed by atoms with E-state index < -0.39 is 10.6 Å². The maximum atomic E-state index is 12.9. The number of aromatic nitrogens is 3. The summed E-state index contributed by atoms with van der Waals surface area (Å²) in [4.78, 5) is 17.4. The fourth-order valence-electron chi connectivity index (χ4n) is 3.66. The van der Waals surface area contributed by atoms with Gasteiger partial charge in [-0.2, -0.15) is 21.0 Å². The van der Waals surface area contributed by atoms with Crippen LogP contribution in [0.5, 0.6) is 0 Å². The molecule has 1 aliphatic heterocycles. The number of nitrogens with one attached hydrogen (secondary N) is 2. The molecule has 1 aliphatic rings. The molecule has 0 radical (unpaired) electrons. The predicted molar refractivity (Wildman–Crippen MR) is 120 cm³/mol. The van der Waals surface area contributed by atoms with Crippen molar-refractivity contribution in [3.63, 3.8) is 0 Å². The van der Waals surface area contributed by atoms with Crippen molar-refractivity contribution in [3.8, 4) is 17.5 Å². The van der Waals surface area contributed by atoms with Crippen molar-refractivity contribution in [1.82, 2.24) is 19.9 Å². The molecular formula is C21H24N6O3S. The molecule has 31 heavy (non-hydrogen) atoms. The first-order valence-electron chi connectivity index (χ1n) is 9.95. The van der Waals surface area contributed by atoms with Gasteiger partial charge < -0.3 is 10.6 Å². The molecule has 3 aromatic heterocycles. The highest BCUT2D eigenvalue weighted by atomic mass is 32.3. The van der Waals surface area contributed by atoms with E-state index in [9.17, 15) is 13.9 Å². The Morgan fingerprint density at radius 1 is 1.32 bits per heavy atom. The minimum atomic E-state index is -2.59. The highest BCUT2D eigenvalue weighted by Gasteiger charge is 2.30. The van der Waals surface area contributed by atoms with Crippen molar-refractivity contribution in [2.24, 2.45) is 0 Å². The Bertz CT molecular complexity index is 1180. The van der Waals surface area contributed by atoms with E-state index in [2.05, 4.69) is 26.8 Å². The number of carbonyl (C=O) groups is 1. The summed E-state index contributed by atoms with van der Waals surface area (Å²) in [5.74, 6) is 0.193. The molecule has 1 unspecified atom stereocenters. The number of anilines is 1. The molecule has 4 rings (SSSR count). The Kier molecular flexibility index (Phi) is 5.58. The maximum Gasteiger partial charge on any atom is 0.255 e. The Morgan fingerprint density at radius 2 is 2.13 bits per heavy atom. The molecule has 9 nitrogen and oxygen atoms in total. The van der Waals surface area contributed by atoms with Crippen LogP contribution in [0, 0.1) is 11.3 Å². The predicted octanol–water partition coefficient (Wildman–Crippen LogP) is 3.34. The first kappa shape index (κ1) is 21.1. The minimum absolute atomic E-state index is 0.0839. The smallest absolute Gasteiger partial charge is 0.255 e. The van der Waals surface area contributed by atoms with Gasteiger partial charge in [-0.05, 0) is 44.5 Å². The van der Waals surface area contributed by atoms with Gasteiger partial charge in [0.1, 0.15) is 6.07 Å². The van der Waals surface area contributed by atoms with Gasteiger partial charge in [0.25, 0.3) is 5.91 Å². The van der Waals surface area contributed by atoms with Crippen LogP contribution in [0.4, 0.5) is 5.69 Å². The minimum Gasteiger partial charge on any atom is -0.382 e. The van der Waals surface area contributed by atoms with Gasteiger partial charge in [0, 0.05) is 24.0 Å². The molecular weight excluding hydrogens is 416 g/mol. The zero-order valence-corrected chi connectivity index (χ0v) is 18.1. The summed E-state index contributed by atoms with van der Waals surface area (Å²) in [6.45, 7) is 3.96. The Balaban J connectivity index is 1.66. The summed E-state index contributed by atoms with van der Waals surface area (Å²) in [5, 5.41) is 19.6. The summed E-state index contributed by atoms with van der Waals surface area (Å²) in [6.07, 6.45) is 3.56. The van der Waals surface area contributed by atoms with E-state index in [0.717, 1.165) is 11.2 Å². The third-order valence-electron chi connectivity index (χ3n) is 5.08. The third-order valence-corrected chi connectivity index (χ3v) is 6.91. The van der Waals surface area contributed by atoms with Crippen LogP contribution in [0.2, 0.25) is 0 Å². The molecule has 4 N–H and O–H groups in total. The summed E-state index contributed by atoms with van der Waals surface area (Å²) in [6, 6.07) is 9.18. The van der Waals surface area contributed by atoms with Gasteiger partial charge in [-0.15, -0.1) is 0 Å². The number of amides is 1. The Morgan fingerprint density at radius 3 is 2.81 bits per heavy atom. The second kappa shape index (κ2) is 8.19. The monoisotopic (exact) mass is 440 g/mol. The zero-order valence-electron chi connectivity index (χ0n) is 17.2. The van der Waals surface area contributed by atoms with E-state index >= 15 is 0 Å². The number of hydrogen-bond acceptors (Lipinski definition) is 7. The molecule has 0 saturated carbocycles. The molecule has 3 aromatic rings.